The van der Waals surface area contributed by atoms with Gasteiger partial charge >= 0.3 is 6.18 Å². The van der Waals surface area contributed by atoms with E-state index in [1.54, 1.807) is 0 Å². The Hall–Kier alpha value is -2.13. The van der Waals surface area contributed by atoms with E-state index < -0.39 is 32.2 Å². The Balaban J connectivity index is 1.92. The predicted molar refractivity (Wildman–Crippen MR) is 93.3 cm³/mol. The molecule has 5 nitrogen and oxygen atoms in total. The van der Waals surface area contributed by atoms with E-state index in [4.69, 9.17) is 11.6 Å². The van der Waals surface area contributed by atoms with Crippen molar-refractivity contribution in [1.82, 2.24) is 4.98 Å². The maximum absolute atomic E-state index is 13.0. The minimum atomic E-state index is -4.55. The monoisotopic (exact) mass is 418 g/mol. The molecule has 1 saturated heterocycles. The Labute approximate surface area is 158 Å². The van der Waals surface area contributed by atoms with Gasteiger partial charge in [0.05, 0.1) is 10.5 Å². The van der Waals surface area contributed by atoms with E-state index in [1.807, 2.05) is 0 Å². The Morgan fingerprint density at radius 2 is 1.78 bits per heavy atom. The molecule has 0 radical (unpaired) electrons. The Morgan fingerprint density at radius 1 is 1.15 bits per heavy atom. The molecule has 1 atom stereocenters. The zero-order chi connectivity index (χ0) is 20.0. The number of anilines is 1. The smallest absolute Gasteiger partial charge is 0.295 e. The van der Waals surface area contributed by atoms with Gasteiger partial charge < -0.3 is 0 Å². The highest BCUT2D eigenvalue weighted by molar-refractivity contribution is 7.93. The Morgan fingerprint density at radius 3 is 2.30 bits per heavy atom. The van der Waals surface area contributed by atoms with Crippen LogP contribution in [0.5, 0.6) is 0 Å². The molecule has 0 N–H and O–H groups in total. The second-order valence-corrected chi connectivity index (χ2v) is 9.11. The second-order valence-electron chi connectivity index (χ2n) is 6.30. The SMILES string of the molecule is CC1(S(=O)(=O)c2ccc(Cl)cc2)CCN(c2ccc(C(F)(F)F)cn2)C1=O. The highest BCUT2D eigenvalue weighted by atomic mass is 35.5. The van der Waals surface area contributed by atoms with Gasteiger partial charge in [-0.25, -0.2) is 13.4 Å². The molecular formula is C17H14ClF3N2O3S. The number of pyridine rings is 1. The first-order valence-electron chi connectivity index (χ1n) is 7.82. The number of alkyl halides is 3. The summed E-state index contributed by atoms with van der Waals surface area (Å²) >= 11 is 5.77. The molecule has 3 rings (SSSR count). The number of nitrogens with zero attached hydrogens (tertiary/aromatic N) is 2. The highest BCUT2D eigenvalue weighted by Gasteiger charge is 2.54. The number of hydrogen-bond donors (Lipinski definition) is 0. The summed E-state index contributed by atoms with van der Waals surface area (Å²) in [4.78, 5) is 17.6. The predicted octanol–water partition coefficient (Wildman–Crippen LogP) is 3.72. The molecule has 144 valence electrons. The van der Waals surface area contributed by atoms with Gasteiger partial charge in [0.15, 0.2) is 14.6 Å². The molecule has 0 spiro atoms. The quantitative estimate of drug-likeness (QED) is 0.761. The average Bonchev–Trinajstić information content (AvgIpc) is 2.92. The summed E-state index contributed by atoms with van der Waals surface area (Å²) in [6.45, 7) is 1.34. The van der Waals surface area contributed by atoms with Gasteiger partial charge in [-0.2, -0.15) is 13.2 Å². The van der Waals surface area contributed by atoms with E-state index in [0.29, 0.717) is 11.2 Å². The molecular weight excluding hydrogens is 405 g/mol. The fourth-order valence-electron chi connectivity index (χ4n) is 2.87. The normalized spacial score (nSPS) is 20.9. The number of hydrogen-bond acceptors (Lipinski definition) is 4. The molecule has 2 aromatic rings. The van der Waals surface area contributed by atoms with E-state index in [-0.39, 0.29) is 23.7 Å². The zero-order valence-corrected chi connectivity index (χ0v) is 15.6. The fourth-order valence-corrected chi connectivity index (χ4v) is 4.71. The zero-order valence-electron chi connectivity index (χ0n) is 14.0. The van der Waals surface area contributed by atoms with Crippen LogP contribution in [0.15, 0.2) is 47.5 Å². The molecule has 1 fully saturated rings. The van der Waals surface area contributed by atoms with Crippen LogP contribution < -0.4 is 4.90 Å². The summed E-state index contributed by atoms with van der Waals surface area (Å²) < 4.78 is 62.2. The lowest BCUT2D eigenvalue weighted by atomic mass is 10.1. The van der Waals surface area contributed by atoms with Gasteiger partial charge in [-0.15, -0.1) is 0 Å². The van der Waals surface area contributed by atoms with Crippen LogP contribution in [-0.4, -0.2) is 30.6 Å². The van der Waals surface area contributed by atoms with E-state index in [2.05, 4.69) is 4.98 Å². The number of amides is 1. The summed E-state index contributed by atoms with van der Waals surface area (Å²) in [6, 6.07) is 7.31. The van der Waals surface area contributed by atoms with Crippen molar-refractivity contribution in [1.29, 1.82) is 0 Å². The van der Waals surface area contributed by atoms with Crippen molar-refractivity contribution in [2.24, 2.45) is 0 Å². The molecule has 0 saturated carbocycles. The molecule has 2 heterocycles. The largest absolute Gasteiger partial charge is 0.417 e. The van der Waals surface area contributed by atoms with Crippen LogP contribution in [0, 0.1) is 0 Å². The number of halogens is 4. The van der Waals surface area contributed by atoms with Crippen molar-refractivity contribution in [2.45, 2.75) is 29.2 Å². The summed E-state index contributed by atoms with van der Waals surface area (Å²) in [5.74, 6) is -0.757. The summed E-state index contributed by atoms with van der Waals surface area (Å²) in [7, 11) is -4.03. The summed E-state index contributed by atoms with van der Waals surface area (Å²) in [6.07, 6.45) is -3.95. The second kappa shape index (κ2) is 6.49. The summed E-state index contributed by atoms with van der Waals surface area (Å²) in [5, 5.41) is 0.354. The van der Waals surface area contributed by atoms with Crippen LogP contribution in [0.2, 0.25) is 5.02 Å². The summed E-state index contributed by atoms with van der Waals surface area (Å²) in [5.41, 5.74) is -0.950. The van der Waals surface area contributed by atoms with Gasteiger partial charge in [-0.1, -0.05) is 11.6 Å². The Kier molecular flexibility index (Phi) is 4.72. The lowest BCUT2D eigenvalue weighted by molar-refractivity contribution is -0.137. The number of benzene rings is 1. The number of aromatic nitrogens is 1. The molecule has 0 aliphatic carbocycles. The van der Waals surface area contributed by atoms with E-state index in [1.165, 1.54) is 31.2 Å². The first kappa shape index (κ1) is 19.6. The van der Waals surface area contributed by atoms with Crippen LogP contribution in [0.1, 0.15) is 18.9 Å². The molecule has 1 amide bonds. The van der Waals surface area contributed by atoms with Crippen molar-refractivity contribution in [3.63, 3.8) is 0 Å². The van der Waals surface area contributed by atoms with Crippen LogP contribution in [-0.2, 0) is 20.8 Å². The van der Waals surface area contributed by atoms with Gasteiger partial charge in [0.25, 0.3) is 0 Å². The van der Waals surface area contributed by atoms with Crippen LogP contribution in [0.3, 0.4) is 0 Å². The maximum Gasteiger partial charge on any atom is 0.417 e. The van der Waals surface area contributed by atoms with Crippen LogP contribution in [0.25, 0.3) is 0 Å². The number of rotatable bonds is 3. The third-order valence-corrected chi connectivity index (χ3v) is 7.29. The molecule has 10 heteroatoms. The molecule has 1 unspecified atom stereocenters. The third kappa shape index (κ3) is 3.29. The minimum Gasteiger partial charge on any atom is -0.295 e. The van der Waals surface area contributed by atoms with Crippen molar-refractivity contribution in [2.75, 3.05) is 11.4 Å². The number of carbonyl (C=O) groups is 1. The van der Waals surface area contributed by atoms with Crippen LogP contribution in [0.4, 0.5) is 19.0 Å². The van der Waals surface area contributed by atoms with Crippen molar-refractivity contribution < 1.29 is 26.4 Å². The third-order valence-electron chi connectivity index (χ3n) is 4.58. The van der Waals surface area contributed by atoms with Crippen molar-refractivity contribution in [3.8, 4) is 0 Å². The lowest BCUT2D eigenvalue weighted by Crippen LogP contribution is -2.44. The van der Waals surface area contributed by atoms with Gasteiger partial charge in [-0.05, 0) is 49.7 Å². The topological polar surface area (TPSA) is 67.3 Å². The lowest BCUT2D eigenvalue weighted by Gasteiger charge is -2.23. The molecule has 1 aromatic heterocycles. The maximum atomic E-state index is 13.0. The van der Waals surface area contributed by atoms with Gasteiger partial charge in [0, 0.05) is 17.8 Å². The van der Waals surface area contributed by atoms with Crippen LogP contribution >= 0.6 is 11.6 Å². The van der Waals surface area contributed by atoms with Crippen molar-refractivity contribution in [3.05, 3.63) is 53.2 Å². The van der Waals surface area contributed by atoms with Gasteiger partial charge in [-0.3, -0.25) is 9.69 Å². The molecule has 1 aliphatic rings. The van der Waals surface area contributed by atoms with E-state index in [9.17, 15) is 26.4 Å². The Bertz CT molecular complexity index is 976. The number of sulfone groups is 1. The van der Waals surface area contributed by atoms with Crippen molar-refractivity contribution >= 4 is 33.2 Å². The molecule has 0 bridgehead atoms. The standard InChI is InChI=1S/C17H14ClF3N2O3S/c1-16(27(25,26)13-5-3-12(18)4-6-13)8-9-23(15(16)24)14-7-2-11(10-22-14)17(19,20)21/h2-7,10H,8-9H2,1H3. The first-order chi connectivity index (χ1) is 12.5. The first-order valence-corrected chi connectivity index (χ1v) is 9.68. The van der Waals surface area contributed by atoms with Gasteiger partial charge in [0.1, 0.15) is 5.82 Å². The molecule has 27 heavy (non-hydrogen) atoms. The fraction of sp³-hybridized carbons (Fsp3) is 0.294. The highest BCUT2D eigenvalue weighted by Crippen LogP contribution is 2.38. The van der Waals surface area contributed by atoms with Gasteiger partial charge in [0.2, 0.25) is 5.91 Å². The number of carbonyl (C=O) groups excluding carboxylic acids is 1. The molecule has 1 aliphatic heterocycles. The molecule has 1 aromatic carbocycles. The average molecular weight is 419 g/mol. The minimum absolute atomic E-state index is 0.0144. The van der Waals surface area contributed by atoms with E-state index >= 15 is 0 Å². The van der Waals surface area contributed by atoms with E-state index in [0.717, 1.165) is 17.0 Å².